The summed E-state index contributed by atoms with van der Waals surface area (Å²) in [4.78, 5) is 11.2. The van der Waals surface area contributed by atoms with E-state index in [0.717, 1.165) is 30.7 Å². The van der Waals surface area contributed by atoms with Gasteiger partial charge >= 0.3 is 5.97 Å². The Hall–Kier alpha value is -1.55. The van der Waals surface area contributed by atoms with Gasteiger partial charge in [-0.3, -0.25) is 4.79 Å². The number of hydrogen-bond acceptors (Lipinski definition) is 3. The van der Waals surface area contributed by atoms with Crippen molar-refractivity contribution >= 4 is 5.97 Å². The Bertz CT molecular complexity index is 402. The van der Waals surface area contributed by atoms with E-state index in [1.54, 1.807) is 0 Å². The second-order valence-electron chi connectivity index (χ2n) is 4.52. The average molecular weight is 249 g/mol. The van der Waals surface area contributed by atoms with E-state index in [1.807, 2.05) is 31.2 Å². The third kappa shape index (κ3) is 2.82. The smallest absolute Gasteiger partial charge is 0.321 e. The van der Waals surface area contributed by atoms with Crippen molar-refractivity contribution in [3.8, 4) is 5.75 Å². The van der Waals surface area contributed by atoms with Gasteiger partial charge in [-0.25, -0.2) is 0 Å². The monoisotopic (exact) mass is 249 g/mol. The molecule has 0 unspecified atom stereocenters. The lowest BCUT2D eigenvalue weighted by Gasteiger charge is -2.30. The van der Waals surface area contributed by atoms with Crippen molar-refractivity contribution in [1.82, 2.24) is 5.32 Å². The van der Waals surface area contributed by atoms with Crippen LogP contribution in [0, 0.1) is 0 Å². The number of rotatable bonds is 4. The van der Waals surface area contributed by atoms with Crippen LogP contribution >= 0.6 is 0 Å². The summed E-state index contributed by atoms with van der Waals surface area (Å²) in [5.41, 5.74) is 1.07. The first-order valence-corrected chi connectivity index (χ1v) is 6.41. The molecule has 0 bridgehead atoms. The highest BCUT2D eigenvalue weighted by atomic mass is 16.5. The first kappa shape index (κ1) is 12.9. The zero-order valence-corrected chi connectivity index (χ0v) is 10.6. The lowest BCUT2D eigenvalue weighted by Crippen LogP contribution is -2.45. The molecule has 0 aliphatic carbocycles. The number of piperidine rings is 1. The van der Waals surface area contributed by atoms with Crippen LogP contribution in [0.4, 0.5) is 0 Å². The van der Waals surface area contributed by atoms with Gasteiger partial charge < -0.3 is 15.2 Å². The van der Waals surface area contributed by atoms with Crippen LogP contribution in [0.3, 0.4) is 0 Å². The summed E-state index contributed by atoms with van der Waals surface area (Å²) >= 11 is 0. The van der Waals surface area contributed by atoms with E-state index in [9.17, 15) is 9.90 Å². The first-order chi connectivity index (χ1) is 8.72. The van der Waals surface area contributed by atoms with E-state index in [1.165, 1.54) is 0 Å². The minimum absolute atomic E-state index is 0.0481. The third-order valence-corrected chi connectivity index (χ3v) is 3.34. The second kappa shape index (κ2) is 5.87. The molecule has 4 heteroatoms. The fourth-order valence-electron chi connectivity index (χ4n) is 2.48. The molecule has 0 amide bonds. The number of nitrogens with one attached hydrogen (secondary N) is 1. The molecule has 1 aromatic rings. The van der Waals surface area contributed by atoms with Crippen LogP contribution in [0.2, 0.25) is 0 Å². The maximum atomic E-state index is 11.2. The normalized spacial score (nSPS) is 23.6. The van der Waals surface area contributed by atoms with Gasteiger partial charge in [-0.2, -0.15) is 0 Å². The standard InChI is InChI=1S/C14H19NO3/c1-2-18-11-7-5-10(6-8-11)12-4-3-9-15-13(12)14(16)17/h5-8,12-13,15H,2-4,9H2,1H3,(H,16,17)/t12-,13+/m1/s1. The van der Waals surface area contributed by atoms with Gasteiger partial charge in [0.1, 0.15) is 11.8 Å². The highest BCUT2D eigenvalue weighted by molar-refractivity contribution is 5.75. The van der Waals surface area contributed by atoms with Crippen LogP contribution in [0.1, 0.15) is 31.2 Å². The van der Waals surface area contributed by atoms with Gasteiger partial charge in [0.05, 0.1) is 6.61 Å². The molecule has 0 spiro atoms. The molecule has 2 atom stereocenters. The quantitative estimate of drug-likeness (QED) is 0.857. The number of benzene rings is 1. The van der Waals surface area contributed by atoms with E-state index < -0.39 is 12.0 Å². The van der Waals surface area contributed by atoms with E-state index in [4.69, 9.17) is 4.74 Å². The lowest BCUT2D eigenvalue weighted by atomic mass is 9.85. The van der Waals surface area contributed by atoms with Gasteiger partial charge in [0.15, 0.2) is 0 Å². The number of hydrogen-bond donors (Lipinski definition) is 2. The molecular formula is C14H19NO3. The number of carbonyl (C=O) groups is 1. The summed E-state index contributed by atoms with van der Waals surface area (Å²) in [6.45, 7) is 3.37. The van der Waals surface area contributed by atoms with E-state index >= 15 is 0 Å². The maximum Gasteiger partial charge on any atom is 0.321 e. The SMILES string of the molecule is CCOc1ccc([C@H]2CCCN[C@@H]2C(=O)O)cc1. The van der Waals surface area contributed by atoms with Crippen LogP contribution in [-0.4, -0.2) is 30.3 Å². The average Bonchev–Trinajstić information content (AvgIpc) is 2.40. The van der Waals surface area contributed by atoms with Gasteiger partial charge in [-0.05, 0) is 44.0 Å². The van der Waals surface area contributed by atoms with Gasteiger partial charge in [-0.15, -0.1) is 0 Å². The van der Waals surface area contributed by atoms with Crippen LogP contribution in [0.15, 0.2) is 24.3 Å². The first-order valence-electron chi connectivity index (χ1n) is 6.41. The summed E-state index contributed by atoms with van der Waals surface area (Å²) in [6, 6.07) is 7.28. The molecule has 18 heavy (non-hydrogen) atoms. The molecule has 1 aromatic carbocycles. The van der Waals surface area contributed by atoms with E-state index in [2.05, 4.69) is 5.32 Å². The van der Waals surface area contributed by atoms with Crippen molar-refractivity contribution in [3.63, 3.8) is 0 Å². The number of carboxylic acid groups (broad SMARTS) is 1. The Morgan fingerprint density at radius 2 is 2.17 bits per heavy atom. The molecular weight excluding hydrogens is 230 g/mol. The van der Waals surface area contributed by atoms with Crippen molar-refractivity contribution in [2.45, 2.75) is 31.7 Å². The maximum absolute atomic E-state index is 11.2. The Morgan fingerprint density at radius 3 is 2.78 bits per heavy atom. The summed E-state index contributed by atoms with van der Waals surface area (Å²) < 4.78 is 5.39. The Balaban J connectivity index is 2.15. The molecule has 98 valence electrons. The Labute approximate surface area is 107 Å². The molecule has 1 aliphatic heterocycles. The number of ether oxygens (including phenoxy) is 1. The molecule has 0 saturated carbocycles. The third-order valence-electron chi connectivity index (χ3n) is 3.34. The largest absolute Gasteiger partial charge is 0.494 e. The fraction of sp³-hybridized carbons (Fsp3) is 0.500. The summed E-state index contributed by atoms with van der Waals surface area (Å²) in [5.74, 6) is 0.109. The Morgan fingerprint density at radius 1 is 1.44 bits per heavy atom. The zero-order valence-electron chi connectivity index (χ0n) is 10.6. The topological polar surface area (TPSA) is 58.6 Å². The van der Waals surface area contributed by atoms with Crippen LogP contribution in [0.25, 0.3) is 0 Å². The van der Waals surface area contributed by atoms with Crippen LogP contribution in [-0.2, 0) is 4.79 Å². The Kier molecular flexibility index (Phi) is 4.20. The van der Waals surface area contributed by atoms with Crippen LogP contribution in [0.5, 0.6) is 5.75 Å². The van der Waals surface area contributed by atoms with Crippen molar-refractivity contribution < 1.29 is 14.6 Å². The minimum Gasteiger partial charge on any atom is -0.494 e. The van der Waals surface area contributed by atoms with E-state index in [-0.39, 0.29) is 5.92 Å². The molecule has 2 rings (SSSR count). The molecule has 4 nitrogen and oxygen atoms in total. The predicted octanol–water partition coefficient (Wildman–Crippen LogP) is 2.01. The van der Waals surface area contributed by atoms with Crippen molar-refractivity contribution in [1.29, 1.82) is 0 Å². The second-order valence-corrected chi connectivity index (χ2v) is 4.52. The molecule has 0 radical (unpaired) electrons. The summed E-state index contributed by atoms with van der Waals surface area (Å²) in [7, 11) is 0. The van der Waals surface area contributed by atoms with Crippen molar-refractivity contribution in [2.75, 3.05) is 13.2 Å². The number of carboxylic acids is 1. The van der Waals surface area contributed by atoms with Gasteiger partial charge in [-0.1, -0.05) is 12.1 Å². The molecule has 1 aliphatic rings. The lowest BCUT2D eigenvalue weighted by molar-refractivity contribution is -0.140. The predicted molar refractivity (Wildman–Crippen MR) is 69.0 cm³/mol. The van der Waals surface area contributed by atoms with Gasteiger partial charge in [0.25, 0.3) is 0 Å². The molecule has 1 saturated heterocycles. The van der Waals surface area contributed by atoms with E-state index in [0.29, 0.717) is 6.61 Å². The molecule has 1 heterocycles. The highest BCUT2D eigenvalue weighted by Gasteiger charge is 2.31. The summed E-state index contributed by atoms with van der Waals surface area (Å²) in [5, 5.41) is 12.3. The number of aliphatic carboxylic acids is 1. The minimum atomic E-state index is -0.770. The van der Waals surface area contributed by atoms with Crippen LogP contribution < -0.4 is 10.1 Å². The summed E-state index contributed by atoms with van der Waals surface area (Å²) in [6.07, 6.45) is 1.93. The molecule has 0 aromatic heterocycles. The zero-order chi connectivity index (χ0) is 13.0. The fourth-order valence-corrected chi connectivity index (χ4v) is 2.48. The highest BCUT2D eigenvalue weighted by Crippen LogP contribution is 2.29. The van der Waals surface area contributed by atoms with Crippen molar-refractivity contribution in [3.05, 3.63) is 29.8 Å². The van der Waals surface area contributed by atoms with Crippen molar-refractivity contribution in [2.24, 2.45) is 0 Å². The van der Waals surface area contributed by atoms with Gasteiger partial charge in [0, 0.05) is 5.92 Å². The molecule has 2 N–H and O–H groups in total. The molecule has 1 fully saturated rings. The van der Waals surface area contributed by atoms with Gasteiger partial charge in [0.2, 0.25) is 0 Å².